The molecule has 1 N–H and O–H groups in total. The molecule has 4 aromatic rings. The molecule has 0 saturated carbocycles. The van der Waals surface area contributed by atoms with Gasteiger partial charge in [0.25, 0.3) is 5.91 Å². The van der Waals surface area contributed by atoms with Gasteiger partial charge in [-0.2, -0.15) is 0 Å². The molecule has 2 aromatic heterocycles. The standard InChI is InChI=1S/C23H23N3O3/c1-16-24-12-14-26(16)13-6-11-25-23(27)22-21(17-7-4-3-5-8-17)19-10-9-18(28-2)15-20(19)29-22/h3-5,7-10,12,14-15H,6,11,13H2,1-2H3,(H,25,27). The molecule has 0 bridgehead atoms. The number of nitrogens with one attached hydrogen (secondary N) is 1. The van der Waals surface area contributed by atoms with E-state index in [1.54, 1.807) is 19.4 Å². The quantitative estimate of drug-likeness (QED) is 0.475. The molecule has 6 heteroatoms. The van der Waals surface area contributed by atoms with E-state index in [-0.39, 0.29) is 5.91 Å². The summed E-state index contributed by atoms with van der Waals surface area (Å²) >= 11 is 0. The first kappa shape index (κ1) is 18.8. The molecular formula is C23H23N3O3. The van der Waals surface area contributed by atoms with Gasteiger partial charge in [-0.05, 0) is 31.0 Å². The van der Waals surface area contributed by atoms with E-state index in [1.807, 2.05) is 55.6 Å². The summed E-state index contributed by atoms with van der Waals surface area (Å²) in [5.41, 5.74) is 2.37. The number of fused-ring (bicyclic) bond motifs is 1. The fourth-order valence-corrected chi connectivity index (χ4v) is 3.43. The highest BCUT2D eigenvalue weighted by Gasteiger charge is 2.22. The van der Waals surface area contributed by atoms with E-state index in [9.17, 15) is 4.79 Å². The van der Waals surface area contributed by atoms with Crippen LogP contribution in [0.1, 0.15) is 22.8 Å². The summed E-state index contributed by atoms with van der Waals surface area (Å²) in [6, 6.07) is 15.4. The lowest BCUT2D eigenvalue weighted by Crippen LogP contribution is -2.25. The number of nitrogens with zero attached hydrogens (tertiary/aromatic N) is 2. The Morgan fingerprint density at radius 3 is 2.76 bits per heavy atom. The van der Waals surface area contributed by atoms with Crippen molar-refractivity contribution in [1.82, 2.24) is 14.9 Å². The predicted molar refractivity (Wildman–Crippen MR) is 112 cm³/mol. The van der Waals surface area contributed by atoms with Gasteiger partial charge in [-0.15, -0.1) is 0 Å². The molecule has 0 aliphatic rings. The molecule has 2 aromatic carbocycles. The second-order valence-corrected chi connectivity index (χ2v) is 6.81. The number of hydrogen-bond acceptors (Lipinski definition) is 4. The first-order valence-corrected chi connectivity index (χ1v) is 9.59. The van der Waals surface area contributed by atoms with Crippen LogP contribution in [0.3, 0.4) is 0 Å². The van der Waals surface area contributed by atoms with Crippen molar-refractivity contribution in [3.05, 3.63) is 72.5 Å². The van der Waals surface area contributed by atoms with Crippen LogP contribution in [0.25, 0.3) is 22.1 Å². The Morgan fingerprint density at radius 2 is 2.03 bits per heavy atom. The Kier molecular flexibility index (Phi) is 5.33. The highest BCUT2D eigenvalue weighted by molar-refractivity contribution is 6.08. The molecular weight excluding hydrogens is 366 g/mol. The van der Waals surface area contributed by atoms with E-state index in [4.69, 9.17) is 9.15 Å². The molecule has 0 atom stereocenters. The molecule has 0 spiro atoms. The van der Waals surface area contributed by atoms with Gasteiger partial charge in [0.05, 0.1) is 7.11 Å². The Bertz CT molecular complexity index is 1130. The summed E-state index contributed by atoms with van der Waals surface area (Å²) in [5.74, 6) is 1.75. The van der Waals surface area contributed by atoms with Crippen molar-refractivity contribution >= 4 is 16.9 Å². The molecule has 0 aliphatic carbocycles. The molecule has 4 rings (SSSR count). The third-order valence-electron chi connectivity index (χ3n) is 4.95. The lowest BCUT2D eigenvalue weighted by atomic mass is 10.0. The van der Waals surface area contributed by atoms with Crippen LogP contribution in [0.2, 0.25) is 0 Å². The number of ether oxygens (including phenoxy) is 1. The SMILES string of the molecule is COc1ccc2c(-c3ccccc3)c(C(=O)NCCCn3ccnc3C)oc2c1. The van der Waals surface area contributed by atoms with Gasteiger partial charge in [-0.25, -0.2) is 4.98 Å². The monoisotopic (exact) mass is 389 g/mol. The molecule has 0 fully saturated rings. The van der Waals surface area contributed by atoms with E-state index in [2.05, 4.69) is 14.9 Å². The van der Waals surface area contributed by atoms with Crippen LogP contribution in [0.5, 0.6) is 5.75 Å². The molecule has 148 valence electrons. The van der Waals surface area contributed by atoms with Crippen LogP contribution < -0.4 is 10.1 Å². The molecule has 0 radical (unpaired) electrons. The molecule has 6 nitrogen and oxygen atoms in total. The summed E-state index contributed by atoms with van der Waals surface area (Å²) in [6.07, 6.45) is 4.53. The van der Waals surface area contributed by atoms with E-state index < -0.39 is 0 Å². The number of imidazole rings is 1. The van der Waals surface area contributed by atoms with Crippen LogP contribution in [0.15, 0.2) is 65.3 Å². The van der Waals surface area contributed by atoms with Gasteiger partial charge in [-0.3, -0.25) is 4.79 Å². The lowest BCUT2D eigenvalue weighted by molar-refractivity contribution is 0.0928. The number of carbonyl (C=O) groups excluding carboxylic acids is 1. The van der Waals surface area contributed by atoms with Crippen molar-refractivity contribution in [1.29, 1.82) is 0 Å². The maximum atomic E-state index is 12.9. The number of aromatic nitrogens is 2. The number of methoxy groups -OCH3 is 1. The average Bonchev–Trinajstić information content (AvgIpc) is 3.34. The zero-order valence-electron chi connectivity index (χ0n) is 16.5. The van der Waals surface area contributed by atoms with E-state index in [0.717, 1.165) is 35.3 Å². The second kappa shape index (κ2) is 8.22. The third-order valence-corrected chi connectivity index (χ3v) is 4.95. The van der Waals surface area contributed by atoms with Gasteiger partial charge in [-0.1, -0.05) is 30.3 Å². The van der Waals surface area contributed by atoms with Crippen molar-refractivity contribution in [2.24, 2.45) is 0 Å². The Labute approximate surface area is 169 Å². The van der Waals surface area contributed by atoms with Crippen LogP contribution in [-0.2, 0) is 6.54 Å². The molecule has 0 saturated heterocycles. The number of benzene rings is 2. The highest BCUT2D eigenvalue weighted by Crippen LogP contribution is 2.36. The Morgan fingerprint density at radius 1 is 1.21 bits per heavy atom. The van der Waals surface area contributed by atoms with Crippen molar-refractivity contribution in [2.45, 2.75) is 19.9 Å². The lowest BCUT2D eigenvalue weighted by Gasteiger charge is -2.07. The normalized spacial score (nSPS) is 11.0. The number of carbonyl (C=O) groups is 1. The van der Waals surface area contributed by atoms with Gasteiger partial charge in [0.2, 0.25) is 5.76 Å². The van der Waals surface area contributed by atoms with Gasteiger partial charge >= 0.3 is 0 Å². The second-order valence-electron chi connectivity index (χ2n) is 6.81. The minimum atomic E-state index is -0.221. The zero-order valence-corrected chi connectivity index (χ0v) is 16.5. The summed E-state index contributed by atoms with van der Waals surface area (Å²) in [6.45, 7) is 3.31. The third kappa shape index (κ3) is 3.87. The Hall–Kier alpha value is -3.54. The smallest absolute Gasteiger partial charge is 0.287 e. The van der Waals surface area contributed by atoms with E-state index in [0.29, 0.717) is 23.6 Å². The largest absolute Gasteiger partial charge is 0.497 e. The number of hydrogen-bond donors (Lipinski definition) is 1. The predicted octanol–water partition coefficient (Wildman–Crippen LogP) is 4.43. The van der Waals surface area contributed by atoms with Crippen LogP contribution in [0, 0.1) is 6.92 Å². The van der Waals surface area contributed by atoms with E-state index in [1.165, 1.54) is 0 Å². The van der Waals surface area contributed by atoms with Gasteiger partial charge in [0.15, 0.2) is 0 Å². The minimum Gasteiger partial charge on any atom is -0.497 e. The van der Waals surface area contributed by atoms with Gasteiger partial charge in [0, 0.05) is 42.5 Å². The first-order valence-electron chi connectivity index (χ1n) is 9.59. The number of aryl methyl sites for hydroxylation is 2. The van der Waals surface area contributed by atoms with Gasteiger partial charge < -0.3 is 19.0 Å². The van der Waals surface area contributed by atoms with Crippen molar-refractivity contribution in [2.75, 3.05) is 13.7 Å². The van der Waals surface area contributed by atoms with Crippen molar-refractivity contribution in [3.8, 4) is 16.9 Å². The molecule has 1 amide bonds. The summed E-state index contributed by atoms with van der Waals surface area (Å²) in [4.78, 5) is 17.1. The number of furan rings is 1. The molecule has 0 aliphatic heterocycles. The fraction of sp³-hybridized carbons (Fsp3) is 0.217. The van der Waals surface area contributed by atoms with Crippen LogP contribution in [-0.4, -0.2) is 29.1 Å². The summed E-state index contributed by atoms with van der Waals surface area (Å²) in [5, 5.41) is 3.87. The first-order chi connectivity index (χ1) is 14.2. The number of rotatable bonds is 7. The van der Waals surface area contributed by atoms with Gasteiger partial charge in [0.1, 0.15) is 17.2 Å². The summed E-state index contributed by atoms with van der Waals surface area (Å²) < 4.78 is 13.3. The molecule has 0 unspecified atom stereocenters. The summed E-state index contributed by atoms with van der Waals surface area (Å²) in [7, 11) is 1.61. The maximum absolute atomic E-state index is 12.9. The highest BCUT2D eigenvalue weighted by atomic mass is 16.5. The van der Waals surface area contributed by atoms with E-state index >= 15 is 0 Å². The average molecular weight is 389 g/mol. The Balaban J connectivity index is 1.58. The topological polar surface area (TPSA) is 69.3 Å². The zero-order chi connectivity index (χ0) is 20.2. The van der Waals surface area contributed by atoms with Crippen molar-refractivity contribution in [3.63, 3.8) is 0 Å². The number of amides is 1. The fourth-order valence-electron chi connectivity index (χ4n) is 3.43. The minimum absolute atomic E-state index is 0.221. The van der Waals surface area contributed by atoms with Crippen LogP contribution >= 0.6 is 0 Å². The van der Waals surface area contributed by atoms with Crippen molar-refractivity contribution < 1.29 is 13.9 Å². The maximum Gasteiger partial charge on any atom is 0.287 e. The molecule has 29 heavy (non-hydrogen) atoms. The molecule has 2 heterocycles. The van der Waals surface area contributed by atoms with Crippen LogP contribution in [0.4, 0.5) is 0 Å².